The molecule has 52 heavy (non-hydrogen) atoms. The second kappa shape index (κ2) is 13.5. The highest BCUT2D eigenvalue weighted by molar-refractivity contribution is 6.16. The van der Waals surface area contributed by atoms with Crippen LogP contribution in [-0.4, -0.2) is 0 Å². The molecule has 250 valence electrons. The third-order valence-electron chi connectivity index (χ3n) is 10.8. The van der Waals surface area contributed by atoms with Gasteiger partial charge in [-0.25, -0.2) is 0 Å². The average Bonchev–Trinajstić information content (AvgIpc) is 3.21. The van der Waals surface area contributed by atoms with Crippen molar-refractivity contribution in [3.63, 3.8) is 0 Å². The van der Waals surface area contributed by atoms with Gasteiger partial charge in [0.25, 0.3) is 0 Å². The first-order valence-corrected chi connectivity index (χ1v) is 18.2. The van der Waals surface area contributed by atoms with Crippen LogP contribution >= 0.6 is 0 Å². The van der Waals surface area contributed by atoms with Gasteiger partial charge in [0.2, 0.25) is 0 Å². The molecule has 2 heteroatoms. The summed E-state index contributed by atoms with van der Waals surface area (Å²) in [6, 6.07) is 66.2. The maximum atomic E-state index is 6.04. The molecule has 2 nitrogen and oxygen atoms in total. The van der Waals surface area contributed by atoms with E-state index in [0.717, 1.165) is 11.3 Å². The molecule has 0 saturated carbocycles. The Morgan fingerprint density at radius 2 is 1.04 bits per heavy atom. The van der Waals surface area contributed by atoms with E-state index in [0.29, 0.717) is 5.92 Å². The predicted molar refractivity (Wildman–Crippen MR) is 221 cm³/mol. The monoisotopic (exact) mass is 668 g/mol. The summed E-state index contributed by atoms with van der Waals surface area (Å²) in [5, 5.41) is 8.98. The maximum Gasteiger partial charge on any atom is 0.0517 e. The molecular weight excluding hydrogens is 629 g/mol. The summed E-state index contributed by atoms with van der Waals surface area (Å²) in [6.45, 7) is 2.34. The first-order valence-electron chi connectivity index (χ1n) is 18.2. The fourth-order valence-electron chi connectivity index (χ4n) is 8.07. The number of benzene rings is 8. The third-order valence-corrected chi connectivity index (χ3v) is 10.8. The van der Waals surface area contributed by atoms with Crippen LogP contribution in [0, 0.1) is 5.92 Å². The first-order chi connectivity index (χ1) is 25.6. The van der Waals surface area contributed by atoms with Crippen LogP contribution in [0.5, 0.6) is 0 Å². The summed E-state index contributed by atoms with van der Waals surface area (Å²) < 4.78 is 0. The van der Waals surface area contributed by atoms with Crippen LogP contribution < -0.4 is 11.1 Å². The lowest BCUT2D eigenvalue weighted by Crippen LogP contribution is -2.34. The molecule has 0 aliphatic carbocycles. The number of fused-ring (bicyclic) bond motifs is 3. The Hall–Kier alpha value is -6.22. The zero-order chi connectivity index (χ0) is 35.0. The van der Waals surface area contributed by atoms with Crippen LogP contribution in [0.4, 0.5) is 5.69 Å². The van der Waals surface area contributed by atoms with Gasteiger partial charge in [0.15, 0.2) is 0 Å². The molecule has 0 amide bonds. The SMILES string of the molecule is CC1C(c2ccccc2)=CC(c2ccc(-c3ccc4ccc5cc(-c6ccc(N)cc6)cc(-c6ccccc6)c5c4c3)cc2)NC1c1ccccc1. The number of hydrogen-bond donors (Lipinski definition) is 2. The maximum absolute atomic E-state index is 6.04. The van der Waals surface area contributed by atoms with Gasteiger partial charge in [-0.05, 0) is 108 Å². The highest BCUT2D eigenvalue weighted by atomic mass is 15.0. The van der Waals surface area contributed by atoms with Crippen LogP contribution in [0.15, 0.2) is 188 Å². The summed E-state index contributed by atoms with van der Waals surface area (Å²) in [6.07, 6.45) is 2.43. The minimum Gasteiger partial charge on any atom is -0.399 e. The van der Waals surface area contributed by atoms with Crippen molar-refractivity contribution in [1.82, 2.24) is 5.32 Å². The molecule has 1 aliphatic heterocycles. The van der Waals surface area contributed by atoms with Crippen LogP contribution in [0.25, 0.3) is 60.5 Å². The Morgan fingerprint density at radius 3 is 1.75 bits per heavy atom. The van der Waals surface area contributed by atoms with Gasteiger partial charge in [-0.1, -0.05) is 165 Å². The van der Waals surface area contributed by atoms with Crippen molar-refractivity contribution in [1.29, 1.82) is 0 Å². The van der Waals surface area contributed by atoms with E-state index in [1.165, 1.54) is 71.6 Å². The van der Waals surface area contributed by atoms with E-state index in [2.05, 4.69) is 188 Å². The normalized spacial score (nSPS) is 17.2. The number of hydrogen-bond acceptors (Lipinski definition) is 2. The molecule has 0 radical (unpaired) electrons. The average molecular weight is 669 g/mol. The van der Waals surface area contributed by atoms with Crippen LogP contribution in [0.3, 0.4) is 0 Å². The van der Waals surface area contributed by atoms with Crippen LogP contribution in [0.2, 0.25) is 0 Å². The Bertz CT molecular complexity index is 2540. The van der Waals surface area contributed by atoms with Crippen molar-refractivity contribution in [2.24, 2.45) is 5.92 Å². The second-order valence-electron chi connectivity index (χ2n) is 14.0. The number of nitrogen functional groups attached to an aromatic ring is 1. The highest BCUT2D eigenvalue weighted by Crippen LogP contribution is 2.42. The Kier molecular flexibility index (Phi) is 8.23. The van der Waals surface area contributed by atoms with Gasteiger partial charge in [-0.3, -0.25) is 5.32 Å². The topological polar surface area (TPSA) is 38.0 Å². The summed E-state index contributed by atoms with van der Waals surface area (Å²) in [5.74, 6) is 0.330. The van der Waals surface area contributed by atoms with Gasteiger partial charge >= 0.3 is 0 Å². The standard InChI is InChI=1S/C50H40N2/c1-33-45(36-11-5-2-6-12-36)32-48(52-50(33)40-15-9-4-10-16-40)39-21-17-34(18-22-39)41-23-19-38-20-24-42-29-43(35-25-27-44(51)28-26-35)31-47(49(42)46(38)30-41)37-13-7-3-8-14-37/h2-33,48,50,52H,51H2,1H3. The van der Waals surface area contributed by atoms with Gasteiger partial charge in [-0.2, -0.15) is 0 Å². The number of anilines is 1. The molecule has 0 aromatic heterocycles. The van der Waals surface area contributed by atoms with E-state index < -0.39 is 0 Å². The molecule has 3 N–H and O–H groups in total. The lowest BCUT2D eigenvalue weighted by atomic mass is 9.79. The lowest BCUT2D eigenvalue weighted by molar-refractivity contribution is 0.405. The fraction of sp³-hybridized carbons (Fsp3) is 0.0800. The van der Waals surface area contributed by atoms with E-state index in [1.807, 2.05) is 12.1 Å². The van der Waals surface area contributed by atoms with Crippen molar-refractivity contribution < 1.29 is 0 Å². The molecule has 9 rings (SSSR count). The molecule has 1 aliphatic rings. The molecule has 3 atom stereocenters. The highest BCUT2D eigenvalue weighted by Gasteiger charge is 2.31. The van der Waals surface area contributed by atoms with E-state index in [9.17, 15) is 0 Å². The van der Waals surface area contributed by atoms with Gasteiger partial charge in [0.05, 0.1) is 6.04 Å². The van der Waals surface area contributed by atoms with Crippen molar-refractivity contribution >= 4 is 32.8 Å². The first kappa shape index (κ1) is 31.7. The minimum absolute atomic E-state index is 0.0925. The molecule has 0 saturated heterocycles. The van der Waals surface area contributed by atoms with Crippen molar-refractivity contribution in [3.05, 3.63) is 205 Å². The largest absolute Gasteiger partial charge is 0.399 e. The summed E-state index contributed by atoms with van der Waals surface area (Å²) in [7, 11) is 0. The van der Waals surface area contributed by atoms with Crippen molar-refractivity contribution in [2.75, 3.05) is 5.73 Å². The minimum atomic E-state index is 0.0925. The summed E-state index contributed by atoms with van der Waals surface area (Å²) in [4.78, 5) is 0. The molecular formula is C50H40N2. The Morgan fingerprint density at radius 1 is 0.462 bits per heavy atom. The smallest absolute Gasteiger partial charge is 0.0517 e. The van der Waals surface area contributed by atoms with Crippen molar-refractivity contribution in [2.45, 2.75) is 19.0 Å². The second-order valence-corrected chi connectivity index (χ2v) is 14.0. The number of nitrogens with one attached hydrogen (secondary N) is 1. The summed E-state index contributed by atoms with van der Waals surface area (Å²) >= 11 is 0. The fourth-order valence-corrected chi connectivity index (χ4v) is 8.07. The predicted octanol–water partition coefficient (Wildman–Crippen LogP) is 12.7. The molecule has 0 fully saturated rings. The Balaban J connectivity index is 1.12. The van der Waals surface area contributed by atoms with Crippen LogP contribution in [0.1, 0.15) is 35.7 Å². The zero-order valence-electron chi connectivity index (χ0n) is 29.2. The molecule has 8 aromatic rings. The van der Waals surface area contributed by atoms with E-state index in [4.69, 9.17) is 5.73 Å². The van der Waals surface area contributed by atoms with Gasteiger partial charge < -0.3 is 5.73 Å². The van der Waals surface area contributed by atoms with Gasteiger partial charge in [0, 0.05) is 17.6 Å². The van der Waals surface area contributed by atoms with E-state index in [1.54, 1.807) is 0 Å². The third kappa shape index (κ3) is 5.98. The molecule has 8 aromatic carbocycles. The Labute approximate surface area is 305 Å². The zero-order valence-corrected chi connectivity index (χ0v) is 29.2. The van der Waals surface area contributed by atoms with E-state index >= 15 is 0 Å². The number of nitrogens with two attached hydrogens (primary N) is 1. The molecule has 0 spiro atoms. The van der Waals surface area contributed by atoms with Gasteiger partial charge in [-0.15, -0.1) is 0 Å². The van der Waals surface area contributed by atoms with E-state index in [-0.39, 0.29) is 12.1 Å². The number of rotatable bonds is 6. The quantitative estimate of drug-likeness (QED) is 0.137. The van der Waals surface area contributed by atoms with Crippen LogP contribution in [-0.2, 0) is 0 Å². The van der Waals surface area contributed by atoms with Crippen molar-refractivity contribution in [3.8, 4) is 33.4 Å². The molecule has 0 bridgehead atoms. The van der Waals surface area contributed by atoms with Gasteiger partial charge in [0.1, 0.15) is 0 Å². The summed E-state index contributed by atoms with van der Waals surface area (Å²) in [5.41, 5.74) is 19.3. The molecule has 3 unspecified atom stereocenters. The molecule has 1 heterocycles. The lowest BCUT2D eigenvalue weighted by Gasteiger charge is -2.36.